The van der Waals surface area contributed by atoms with Gasteiger partial charge in [0.2, 0.25) is 0 Å². The van der Waals surface area contributed by atoms with E-state index in [-0.39, 0.29) is 12.0 Å². The molecule has 0 bridgehead atoms. The molecule has 0 saturated carbocycles. The molecular formula is C22H21N5O2. The maximum absolute atomic E-state index is 12.7. The number of ether oxygens (including phenoxy) is 1. The minimum atomic E-state index is -0.229. The first-order chi connectivity index (χ1) is 14.1. The van der Waals surface area contributed by atoms with Crippen LogP contribution in [0, 0.1) is 6.57 Å². The fraction of sp³-hybridized carbons (Fsp3) is 0.227. The zero-order valence-electron chi connectivity index (χ0n) is 16.1. The van der Waals surface area contributed by atoms with Gasteiger partial charge in [-0.2, -0.15) is 5.10 Å². The topological polar surface area (TPSA) is 72.5 Å². The van der Waals surface area contributed by atoms with E-state index in [1.165, 1.54) is 0 Å². The highest BCUT2D eigenvalue weighted by molar-refractivity contribution is 6.03. The SMILES string of the molecule is [C-]#[N+]c1ccc(-c2cc(C(=O)Nc3ccc([C@H]4CNCCO4)cc3)n(C)n2)cc1. The van der Waals surface area contributed by atoms with Crippen LogP contribution in [-0.4, -0.2) is 35.4 Å². The highest BCUT2D eigenvalue weighted by atomic mass is 16.5. The molecule has 1 amide bonds. The second-order valence-corrected chi connectivity index (χ2v) is 6.84. The quantitative estimate of drug-likeness (QED) is 0.672. The number of aryl methyl sites for hydroxylation is 1. The Morgan fingerprint density at radius 2 is 2.00 bits per heavy atom. The Morgan fingerprint density at radius 1 is 1.24 bits per heavy atom. The van der Waals surface area contributed by atoms with Gasteiger partial charge in [-0.3, -0.25) is 9.48 Å². The molecule has 2 N–H and O–H groups in total. The minimum absolute atomic E-state index is 0.0439. The number of nitrogens with one attached hydrogen (secondary N) is 2. The summed E-state index contributed by atoms with van der Waals surface area (Å²) in [5, 5.41) is 10.7. The Labute approximate surface area is 169 Å². The Balaban J connectivity index is 1.47. The summed E-state index contributed by atoms with van der Waals surface area (Å²) >= 11 is 0. The normalized spacial score (nSPS) is 16.2. The first kappa shape index (κ1) is 18.9. The standard InChI is InChI=1S/C22H21N5O2/c1-23-17-7-3-15(4-8-17)19-13-20(27(2)26-19)22(28)25-18-9-5-16(6-10-18)21-14-24-11-12-29-21/h3-10,13,21,24H,11-12,14H2,2H3,(H,25,28)/t21-/m1/s1. The molecule has 1 aliphatic rings. The van der Waals surface area contributed by atoms with Crippen LogP contribution in [-0.2, 0) is 11.8 Å². The van der Waals surface area contributed by atoms with Crippen LogP contribution in [0.15, 0.2) is 54.6 Å². The molecule has 0 unspecified atom stereocenters. The van der Waals surface area contributed by atoms with Gasteiger partial charge in [0.05, 0.1) is 25.0 Å². The molecule has 4 rings (SSSR count). The van der Waals surface area contributed by atoms with Crippen molar-refractivity contribution in [2.24, 2.45) is 7.05 Å². The number of rotatable bonds is 4. The van der Waals surface area contributed by atoms with E-state index in [0.717, 1.165) is 24.2 Å². The van der Waals surface area contributed by atoms with Crippen LogP contribution in [0.2, 0.25) is 0 Å². The van der Waals surface area contributed by atoms with Crippen LogP contribution in [0.3, 0.4) is 0 Å². The predicted molar refractivity (Wildman–Crippen MR) is 111 cm³/mol. The van der Waals surface area contributed by atoms with E-state index in [9.17, 15) is 4.79 Å². The lowest BCUT2D eigenvalue weighted by Gasteiger charge is -2.24. The second kappa shape index (κ2) is 8.27. The summed E-state index contributed by atoms with van der Waals surface area (Å²) in [6, 6.07) is 16.6. The molecule has 1 saturated heterocycles. The van der Waals surface area contributed by atoms with Crippen molar-refractivity contribution in [2.75, 3.05) is 25.0 Å². The van der Waals surface area contributed by atoms with Crippen LogP contribution in [0.1, 0.15) is 22.2 Å². The monoisotopic (exact) mass is 387 g/mol. The fourth-order valence-electron chi connectivity index (χ4n) is 3.28. The van der Waals surface area contributed by atoms with Crippen molar-refractivity contribution >= 4 is 17.3 Å². The Bertz CT molecular complexity index is 1040. The number of hydrogen-bond donors (Lipinski definition) is 2. The summed E-state index contributed by atoms with van der Waals surface area (Å²) < 4.78 is 7.31. The van der Waals surface area contributed by atoms with E-state index in [1.54, 1.807) is 29.9 Å². The van der Waals surface area contributed by atoms with Crippen molar-refractivity contribution in [3.05, 3.63) is 77.3 Å². The molecule has 2 aromatic carbocycles. The first-order valence-corrected chi connectivity index (χ1v) is 9.39. The third-order valence-corrected chi connectivity index (χ3v) is 4.87. The summed E-state index contributed by atoms with van der Waals surface area (Å²) in [7, 11) is 1.74. The minimum Gasteiger partial charge on any atom is -0.371 e. The van der Waals surface area contributed by atoms with Gasteiger partial charge in [0.15, 0.2) is 5.69 Å². The zero-order chi connectivity index (χ0) is 20.2. The van der Waals surface area contributed by atoms with Crippen LogP contribution in [0.5, 0.6) is 0 Å². The Hall–Kier alpha value is -3.47. The average molecular weight is 387 g/mol. The fourth-order valence-corrected chi connectivity index (χ4v) is 3.28. The van der Waals surface area contributed by atoms with E-state index in [0.29, 0.717) is 29.4 Å². The van der Waals surface area contributed by atoms with Crippen molar-refractivity contribution < 1.29 is 9.53 Å². The summed E-state index contributed by atoms with van der Waals surface area (Å²) in [6.45, 7) is 9.40. The molecule has 0 radical (unpaired) electrons. The summed E-state index contributed by atoms with van der Waals surface area (Å²) in [5.74, 6) is -0.229. The number of carbonyl (C=O) groups excluding carboxylic acids is 1. The van der Waals surface area contributed by atoms with E-state index in [1.807, 2.05) is 36.4 Å². The molecule has 1 aliphatic heterocycles. The third-order valence-electron chi connectivity index (χ3n) is 4.87. The molecule has 2 heterocycles. The number of amides is 1. The molecule has 7 heteroatoms. The lowest BCUT2D eigenvalue weighted by atomic mass is 10.1. The largest absolute Gasteiger partial charge is 0.371 e. The van der Waals surface area contributed by atoms with Gasteiger partial charge in [-0.1, -0.05) is 36.4 Å². The van der Waals surface area contributed by atoms with E-state index in [2.05, 4.69) is 20.6 Å². The van der Waals surface area contributed by atoms with Crippen molar-refractivity contribution in [1.82, 2.24) is 15.1 Å². The number of carbonyl (C=O) groups is 1. The van der Waals surface area contributed by atoms with E-state index < -0.39 is 0 Å². The molecule has 29 heavy (non-hydrogen) atoms. The third kappa shape index (κ3) is 4.19. The van der Waals surface area contributed by atoms with Crippen molar-refractivity contribution in [3.8, 4) is 11.3 Å². The second-order valence-electron chi connectivity index (χ2n) is 6.84. The van der Waals surface area contributed by atoms with Crippen LogP contribution in [0.4, 0.5) is 11.4 Å². The highest BCUT2D eigenvalue weighted by Crippen LogP contribution is 2.24. The highest BCUT2D eigenvalue weighted by Gasteiger charge is 2.17. The maximum Gasteiger partial charge on any atom is 0.273 e. The number of hydrogen-bond acceptors (Lipinski definition) is 4. The molecule has 146 valence electrons. The molecule has 1 aromatic heterocycles. The molecule has 1 atom stereocenters. The van der Waals surface area contributed by atoms with Gasteiger partial charge in [-0.15, -0.1) is 0 Å². The van der Waals surface area contributed by atoms with Crippen LogP contribution < -0.4 is 10.6 Å². The van der Waals surface area contributed by atoms with Gasteiger partial charge in [0.25, 0.3) is 5.91 Å². The number of aromatic nitrogens is 2. The Morgan fingerprint density at radius 3 is 2.66 bits per heavy atom. The van der Waals surface area contributed by atoms with Gasteiger partial charge in [0.1, 0.15) is 5.69 Å². The van der Waals surface area contributed by atoms with Gasteiger partial charge < -0.3 is 15.4 Å². The molecule has 7 nitrogen and oxygen atoms in total. The summed E-state index contributed by atoms with van der Waals surface area (Å²) in [6.07, 6.45) is 0.0439. The summed E-state index contributed by atoms with van der Waals surface area (Å²) in [5.41, 5.74) is 4.37. The molecule has 0 spiro atoms. The molecule has 1 fully saturated rings. The molecular weight excluding hydrogens is 366 g/mol. The molecule has 0 aliphatic carbocycles. The summed E-state index contributed by atoms with van der Waals surface area (Å²) in [4.78, 5) is 16.1. The van der Waals surface area contributed by atoms with Gasteiger partial charge >= 0.3 is 0 Å². The van der Waals surface area contributed by atoms with Crippen LogP contribution >= 0.6 is 0 Å². The zero-order valence-corrected chi connectivity index (χ0v) is 16.1. The molecule has 3 aromatic rings. The van der Waals surface area contributed by atoms with Crippen molar-refractivity contribution in [2.45, 2.75) is 6.10 Å². The van der Waals surface area contributed by atoms with Crippen molar-refractivity contribution in [1.29, 1.82) is 0 Å². The average Bonchev–Trinajstić information content (AvgIpc) is 3.17. The van der Waals surface area contributed by atoms with Crippen molar-refractivity contribution in [3.63, 3.8) is 0 Å². The number of nitrogens with zero attached hydrogens (tertiary/aromatic N) is 3. The van der Waals surface area contributed by atoms with Gasteiger partial charge in [-0.25, -0.2) is 4.85 Å². The van der Waals surface area contributed by atoms with E-state index in [4.69, 9.17) is 11.3 Å². The van der Waals surface area contributed by atoms with E-state index >= 15 is 0 Å². The van der Waals surface area contributed by atoms with Gasteiger partial charge in [0, 0.05) is 25.8 Å². The number of anilines is 1. The maximum atomic E-state index is 12.7. The Kier molecular flexibility index (Phi) is 5.38. The predicted octanol–water partition coefficient (Wildman–Crippen LogP) is 3.55. The number of morpholine rings is 1. The van der Waals surface area contributed by atoms with Crippen LogP contribution in [0.25, 0.3) is 16.1 Å². The lowest BCUT2D eigenvalue weighted by molar-refractivity contribution is 0.0277. The lowest BCUT2D eigenvalue weighted by Crippen LogP contribution is -2.33. The van der Waals surface area contributed by atoms with Gasteiger partial charge in [-0.05, 0) is 29.3 Å². The smallest absolute Gasteiger partial charge is 0.273 e. The number of benzene rings is 2. The first-order valence-electron chi connectivity index (χ1n) is 9.39.